The van der Waals surface area contributed by atoms with E-state index in [0.717, 1.165) is 30.0 Å². The number of hydrogen-bond acceptors (Lipinski definition) is 5. The summed E-state index contributed by atoms with van der Waals surface area (Å²) < 4.78 is 1.76. The zero-order chi connectivity index (χ0) is 17.4. The first kappa shape index (κ1) is 17.2. The number of hydrogen-bond donors (Lipinski definition) is 0. The fourth-order valence-electron chi connectivity index (χ4n) is 3.38. The van der Waals surface area contributed by atoms with Gasteiger partial charge < -0.3 is 4.90 Å². The summed E-state index contributed by atoms with van der Waals surface area (Å²) in [6, 6.07) is 0. The quantitative estimate of drug-likeness (QED) is 0.799. The van der Waals surface area contributed by atoms with E-state index in [1.165, 1.54) is 18.2 Å². The zero-order valence-corrected chi connectivity index (χ0v) is 15.9. The Balaban J connectivity index is 1.69. The molecule has 0 spiro atoms. The Hall–Kier alpha value is -1.63. The van der Waals surface area contributed by atoms with Gasteiger partial charge in [-0.25, -0.2) is 9.50 Å². The molecule has 0 aliphatic carbocycles. The van der Waals surface area contributed by atoms with Gasteiger partial charge in [-0.15, -0.1) is 5.10 Å². The number of carbonyl (C=O) groups is 1. The zero-order valence-electron chi connectivity index (χ0n) is 15.0. The molecule has 1 amide bonds. The second-order valence-electron chi connectivity index (χ2n) is 7.05. The van der Waals surface area contributed by atoms with Crippen LogP contribution >= 0.6 is 11.8 Å². The molecule has 2 aromatic heterocycles. The second kappa shape index (κ2) is 6.70. The van der Waals surface area contributed by atoms with Crippen molar-refractivity contribution in [3.05, 3.63) is 17.0 Å². The number of thioether (sulfide) groups is 1. The Morgan fingerprint density at radius 3 is 2.50 bits per heavy atom. The number of aromatic nitrogens is 4. The van der Waals surface area contributed by atoms with Crippen molar-refractivity contribution in [3.8, 4) is 0 Å². The standard InChI is InChI=1S/C17H25N5OS/c1-10-6-11(2)8-21(7-10)15(23)9-24-17-19-16-18-13(4)12(3)14(5)22(16)20-17/h10-11H,6-9H2,1-5H3. The van der Waals surface area contributed by atoms with Crippen LogP contribution in [-0.2, 0) is 4.79 Å². The first-order valence-corrected chi connectivity index (χ1v) is 9.45. The minimum absolute atomic E-state index is 0.175. The van der Waals surface area contributed by atoms with E-state index in [2.05, 4.69) is 28.9 Å². The minimum atomic E-state index is 0.175. The van der Waals surface area contributed by atoms with Gasteiger partial charge in [0.1, 0.15) is 0 Å². The molecule has 2 aromatic rings. The number of piperidine rings is 1. The Labute approximate surface area is 147 Å². The van der Waals surface area contributed by atoms with E-state index in [1.807, 2.05) is 25.7 Å². The van der Waals surface area contributed by atoms with Gasteiger partial charge in [0, 0.05) is 24.5 Å². The van der Waals surface area contributed by atoms with Gasteiger partial charge in [0.05, 0.1) is 5.75 Å². The summed E-state index contributed by atoms with van der Waals surface area (Å²) in [5.41, 5.74) is 3.13. The highest BCUT2D eigenvalue weighted by atomic mass is 32.2. The van der Waals surface area contributed by atoms with Crippen LogP contribution in [0.15, 0.2) is 5.16 Å². The van der Waals surface area contributed by atoms with Crippen LogP contribution in [0.3, 0.4) is 0 Å². The van der Waals surface area contributed by atoms with Gasteiger partial charge in [-0.2, -0.15) is 4.98 Å². The highest BCUT2D eigenvalue weighted by Gasteiger charge is 2.25. The third-order valence-electron chi connectivity index (χ3n) is 4.79. The number of amides is 1. The van der Waals surface area contributed by atoms with E-state index < -0.39 is 0 Å². The van der Waals surface area contributed by atoms with Gasteiger partial charge in [0.2, 0.25) is 11.1 Å². The van der Waals surface area contributed by atoms with Crippen LogP contribution in [0.1, 0.15) is 37.2 Å². The van der Waals surface area contributed by atoms with Crippen molar-refractivity contribution in [2.24, 2.45) is 11.8 Å². The monoisotopic (exact) mass is 347 g/mol. The molecule has 1 aliphatic heterocycles. The molecule has 7 heteroatoms. The van der Waals surface area contributed by atoms with Gasteiger partial charge in [0.25, 0.3) is 5.78 Å². The molecule has 6 nitrogen and oxygen atoms in total. The molecule has 24 heavy (non-hydrogen) atoms. The molecule has 1 saturated heterocycles. The van der Waals surface area contributed by atoms with Crippen molar-refractivity contribution in [3.63, 3.8) is 0 Å². The molecule has 0 radical (unpaired) electrons. The summed E-state index contributed by atoms with van der Waals surface area (Å²) in [7, 11) is 0. The normalized spacial score (nSPS) is 21.5. The van der Waals surface area contributed by atoms with Crippen LogP contribution in [0.4, 0.5) is 0 Å². The van der Waals surface area contributed by atoms with Crippen LogP contribution in [-0.4, -0.2) is 49.2 Å². The largest absolute Gasteiger partial charge is 0.341 e. The van der Waals surface area contributed by atoms with Crippen LogP contribution in [0.25, 0.3) is 5.78 Å². The molecule has 1 aliphatic rings. The van der Waals surface area contributed by atoms with Crippen molar-refractivity contribution in [2.45, 2.75) is 46.2 Å². The predicted molar refractivity (Wildman–Crippen MR) is 95.2 cm³/mol. The number of rotatable bonds is 3. The Morgan fingerprint density at radius 1 is 1.17 bits per heavy atom. The lowest BCUT2D eigenvalue weighted by atomic mass is 9.92. The van der Waals surface area contributed by atoms with Crippen molar-refractivity contribution in [1.29, 1.82) is 0 Å². The molecule has 130 valence electrons. The first-order chi connectivity index (χ1) is 11.3. The lowest BCUT2D eigenvalue weighted by Gasteiger charge is -2.34. The fraction of sp³-hybridized carbons (Fsp3) is 0.647. The van der Waals surface area contributed by atoms with E-state index in [1.54, 1.807) is 4.52 Å². The van der Waals surface area contributed by atoms with Crippen LogP contribution in [0, 0.1) is 32.6 Å². The number of likely N-dealkylation sites (tertiary alicyclic amines) is 1. The highest BCUT2D eigenvalue weighted by Crippen LogP contribution is 2.23. The van der Waals surface area contributed by atoms with E-state index in [9.17, 15) is 4.79 Å². The number of nitrogens with zero attached hydrogens (tertiary/aromatic N) is 5. The molecule has 1 fully saturated rings. The molecular weight excluding hydrogens is 322 g/mol. The molecular formula is C17H25N5OS. The topological polar surface area (TPSA) is 63.4 Å². The summed E-state index contributed by atoms with van der Waals surface area (Å²) in [6.45, 7) is 12.2. The van der Waals surface area contributed by atoms with Crippen molar-refractivity contribution in [1.82, 2.24) is 24.5 Å². The van der Waals surface area contributed by atoms with Crippen LogP contribution in [0.5, 0.6) is 0 Å². The van der Waals surface area contributed by atoms with E-state index in [-0.39, 0.29) is 5.91 Å². The van der Waals surface area contributed by atoms with Gasteiger partial charge in [0.15, 0.2) is 0 Å². The maximum Gasteiger partial charge on any atom is 0.253 e. The van der Waals surface area contributed by atoms with Gasteiger partial charge in [-0.05, 0) is 44.6 Å². The number of aryl methyl sites for hydroxylation is 2. The Kier molecular flexibility index (Phi) is 4.80. The minimum Gasteiger partial charge on any atom is -0.341 e. The molecule has 0 bridgehead atoms. The Morgan fingerprint density at radius 2 is 1.83 bits per heavy atom. The summed E-state index contributed by atoms with van der Waals surface area (Å²) in [4.78, 5) is 23.4. The van der Waals surface area contributed by atoms with Gasteiger partial charge in [-0.1, -0.05) is 25.6 Å². The maximum atomic E-state index is 12.5. The Bertz CT molecular complexity index is 762. The third kappa shape index (κ3) is 3.41. The summed E-state index contributed by atoms with van der Waals surface area (Å²) in [5.74, 6) is 2.32. The molecule has 2 atom stereocenters. The summed E-state index contributed by atoms with van der Waals surface area (Å²) in [5, 5.41) is 5.11. The van der Waals surface area contributed by atoms with E-state index in [4.69, 9.17) is 0 Å². The van der Waals surface area contributed by atoms with E-state index in [0.29, 0.717) is 28.5 Å². The van der Waals surface area contributed by atoms with Crippen LogP contribution in [0.2, 0.25) is 0 Å². The van der Waals surface area contributed by atoms with Crippen molar-refractivity contribution >= 4 is 23.4 Å². The average molecular weight is 347 g/mol. The van der Waals surface area contributed by atoms with E-state index >= 15 is 0 Å². The van der Waals surface area contributed by atoms with Crippen molar-refractivity contribution in [2.75, 3.05) is 18.8 Å². The molecule has 0 N–H and O–H groups in total. The summed E-state index contributed by atoms with van der Waals surface area (Å²) >= 11 is 1.40. The third-order valence-corrected chi connectivity index (χ3v) is 5.61. The molecule has 3 rings (SSSR count). The van der Waals surface area contributed by atoms with Crippen LogP contribution < -0.4 is 0 Å². The maximum absolute atomic E-state index is 12.5. The second-order valence-corrected chi connectivity index (χ2v) is 7.99. The fourth-order valence-corrected chi connectivity index (χ4v) is 4.10. The average Bonchev–Trinajstić information content (AvgIpc) is 2.92. The van der Waals surface area contributed by atoms with Gasteiger partial charge >= 0.3 is 0 Å². The number of fused-ring (bicyclic) bond motifs is 1. The molecule has 0 saturated carbocycles. The molecule has 0 aromatic carbocycles. The first-order valence-electron chi connectivity index (χ1n) is 8.46. The molecule has 2 unspecified atom stereocenters. The van der Waals surface area contributed by atoms with Crippen molar-refractivity contribution < 1.29 is 4.79 Å². The lowest BCUT2D eigenvalue weighted by molar-refractivity contribution is -0.130. The molecule has 3 heterocycles. The highest BCUT2D eigenvalue weighted by molar-refractivity contribution is 7.99. The SMILES string of the molecule is Cc1nc2nc(SCC(=O)N3CC(C)CC(C)C3)nn2c(C)c1C. The number of carbonyl (C=O) groups excluding carboxylic acids is 1. The predicted octanol–water partition coefficient (Wildman–Crippen LogP) is 2.65. The summed E-state index contributed by atoms with van der Waals surface area (Å²) in [6.07, 6.45) is 1.20. The van der Waals surface area contributed by atoms with Gasteiger partial charge in [-0.3, -0.25) is 4.79 Å². The lowest BCUT2D eigenvalue weighted by Crippen LogP contribution is -2.43. The smallest absolute Gasteiger partial charge is 0.253 e.